The Labute approximate surface area is 185 Å². The smallest absolute Gasteiger partial charge is 0.243 e. The molecular weight excluding hydrogens is 414 g/mol. The second-order valence-electron chi connectivity index (χ2n) is 9.28. The molecule has 0 bridgehead atoms. The van der Waals surface area contributed by atoms with Crippen LogP contribution in [0.15, 0.2) is 23.1 Å². The molecule has 1 saturated heterocycles. The van der Waals surface area contributed by atoms with Crippen LogP contribution in [0.1, 0.15) is 64.4 Å². The van der Waals surface area contributed by atoms with Crippen molar-refractivity contribution in [2.24, 2.45) is 5.92 Å². The second kappa shape index (κ2) is 8.90. The number of anilines is 1. The standard InChI is InChI=1S/C23H33N3O4S/c1-16-13-19-14-21(10-11-22(19)26(16)17(2)27)31(29,30)25-12-6-7-18(15-25)23(28)24-20-8-4-3-5-9-20/h10-11,14,16,18,20H,3-9,12-13,15H2,1-2H3,(H,24,28). The van der Waals surface area contributed by atoms with Gasteiger partial charge in [-0.05, 0) is 62.8 Å². The van der Waals surface area contributed by atoms with Crippen LogP contribution >= 0.6 is 0 Å². The van der Waals surface area contributed by atoms with E-state index in [0.29, 0.717) is 19.4 Å². The molecule has 3 aliphatic rings. The molecule has 170 valence electrons. The van der Waals surface area contributed by atoms with E-state index >= 15 is 0 Å². The lowest BCUT2D eigenvalue weighted by Crippen LogP contribution is -2.47. The Balaban J connectivity index is 1.48. The molecular formula is C23H33N3O4S. The number of benzene rings is 1. The number of nitrogens with zero attached hydrogens (tertiary/aromatic N) is 2. The SMILES string of the molecule is CC(=O)N1c2ccc(S(=O)(=O)N3CCCC(C(=O)NC4CCCCC4)C3)cc2CC1C. The second-order valence-corrected chi connectivity index (χ2v) is 11.2. The Morgan fingerprint density at radius 1 is 1.06 bits per heavy atom. The molecule has 4 rings (SSSR count). The number of rotatable bonds is 4. The fraction of sp³-hybridized carbons (Fsp3) is 0.652. The lowest BCUT2D eigenvalue weighted by molar-refractivity contribution is -0.127. The number of nitrogens with one attached hydrogen (secondary N) is 1. The average molecular weight is 448 g/mol. The Bertz CT molecular complexity index is 956. The fourth-order valence-corrected chi connectivity index (χ4v) is 6.91. The molecule has 8 heteroatoms. The number of sulfonamides is 1. The highest BCUT2D eigenvalue weighted by atomic mass is 32.2. The van der Waals surface area contributed by atoms with Gasteiger partial charge in [0.05, 0.1) is 10.8 Å². The summed E-state index contributed by atoms with van der Waals surface area (Å²) in [5, 5.41) is 3.16. The predicted molar refractivity (Wildman–Crippen MR) is 119 cm³/mol. The van der Waals surface area contributed by atoms with Crippen molar-refractivity contribution in [1.29, 1.82) is 0 Å². The van der Waals surface area contributed by atoms with Gasteiger partial charge < -0.3 is 10.2 Å². The molecule has 2 aliphatic heterocycles. The lowest BCUT2D eigenvalue weighted by Gasteiger charge is -2.33. The Morgan fingerprint density at radius 3 is 2.52 bits per heavy atom. The Morgan fingerprint density at radius 2 is 1.81 bits per heavy atom. The Hall–Kier alpha value is -1.93. The van der Waals surface area contributed by atoms with Crippen molar-refractivity contribution in [3.63, 3.8) is 0 Å². The zero-order chi connectivity index (χ0) is 22.2. The van der Waals surface area contributed by atoms with Gasteiger partial charge in [-0.3, -0.25) is 9.59 Å². The van der Waals surface area contributed by atoms with Gasteiger partial charge in [-0.2, -0.15) is 4.31 Å². The highest BCUT2D eigenvalue weighted by Crippen LogP contribution is 2.35. The van der Waals surface area contributed by atoms with Gasteiger partial charge in [-0.1, -0.05) is 19.3 Å². The van der Waals surface area contributed by atoms with Crippen LogP contribution in [0.25, 0.3) is 0 Å². The molecule has 7 nitrogen and oxygen atoms in total. The van der Waals surface area contributed by atoms with Crippen LogP contribution in [-0.2, 0) is 26.0 Å². The number of hydrogen-bond donors (Lipinski definition) is 1. The van der Waals surface area contributed by atoms with Crippen molar-refractivity contribution in [3.05, 3.63) is 23.8 Å². The van der Waals surface area contributed by atoms with Gasteiger partial charge in [-0.25, -0.2) is 8.42 Å². The summed E-state index contributed by atoms with van der Waals surface area (Å²) in [5.41, 5.74) is 1.68. The number of amides is 2. The number of carbonyl (C=O) groups is 2. The molecule has 2 unspecified atom stereocenters. The minimum absolute atomic E-state index is 0.00771. The molecule has 1 aliphatic carbocycles. The quantitative estimate of drug-likeness (QED) is 0.769. The van der Waals surface area contributed by atoms with Crippen molar-refractivity contribution in [1.82, 2.24) is 9.62 Å². The number of hydrogen-bond acceptors (Lipinski definition) is 4. The average Bonchev–Trinajstić information content (AvgIpc) is 3.09. The van der Waals surface area contributed by atoms with Crippen LogP contribution in [0.5, 0.6) is 0 Å². The Kier molecular flexibility index (Phi) is 6.40. The van der Waals surface area contributed by atoms with Gasteiger partial charge in [0.15, 0.2) is 0 Å². The molecule has 0 aromatic heterocycles. The maximum absolute atomic E-state index is 13.4. The third-order valence-corrected chi connectivity index (χ3v) is 8.81. The molecule has 2 fully saturated rings. The largest absolute Gasteiger partial charge is 0.353 e. The van der Waals surface area contributed by atoms with E-state index < -0.39 is 10.0 Å². The number of fused-ring (bicyclic) bond motifs is 1. The van der Waals surface area contributed by atoms with E-state index in [0.717, 1.165) is 43.4 Å². The van der Waals surface area contributed by atoms with Crippen molar-refractivity contribution in [3.8, 4) is 0 Å². The van der Waals surface area contributed by atoms with Crippen LogP contribution in [-0.4, -0.2) is 49.7 Å². The van der Waals surface area contributed by atoms with Crippen molar-refractivity contribution in [2.45, 2.75) is 82.2 Å². The molecule has 1 aromatic carbocycles. The minimum Gasteiger partial charge on any atom is -0.353 e. The van der Waals surface area contributed by atoms with Crippen LogP contribution in [0.4, 0.5) is 5.69 Å². The summed E-state index contributed by atoms with van der Waals surface area (Å²) in [6, 6.07) is 5.29. The summed E-state index contributed by atoms with van der Waals surface area (Å²) < 4.78 is 28.2. The number of piperidine rings is 1. The molecule has 2 heterocycles. The summed E-state index contributed by atoms with van der Waals surface area (Å²) in [4.78, 5) is 26.7. The van der Waals surface area contributed by atoms with Crippen LogP contribution in [0.3, 0.4) is 0 Å². The van der Waals surface area contributed by atoms with Crippen molar-refractivity contribution >= 4 is 27.5 Å². The molecule has 1 saturated carbocycles. The monoisotopic (exact) mass is 447 g/mol. The maximum Gasteiger partial charge on any atom is 0.243 e. The maximum atomic E-state index is 13.4. The molecule has 0 spiro atoms. The van der Waals surface area contributed by atoms with E-state index in [-0.39, 0.29) is 41.3 Å². The van der Waals surface area contributed by atoms with Gasteiger partial charge in [0.2, 0.25) is 21.8 Å². The first-order valence-corrected chi connectivity index (χ1v) is 12.9. The summed E-state index contributed by atoms with van der Waals surface area (Å²) in [7, 11) is -3.69. The van der Waals surface area contributed by atoms with Gasteiger partial charge in [-0.15, -0.1) is 0 Å². The van der Waals surface area contributed by atoms with Crippen LogP contribution in [0.2, 0.25) is 0 Å². The van der Waals surface area contributed by atoms with Crippen LogP contribution < -0.4 is 10.2 Å². The molecule has 2 atom stereocenters. The molecule has 0 radical (unpaired) electrons. The first-order chi connectivity index (χ1) is 14.8. The highest BCUT2D eigenvalue weighted by molar-refractivity contribution is 7.89. The third-order valence-electron chi connectivity index (χ3n) is 6.95. The van der Waals surface area contributed by atoms with Gasteiger partial charge in [0.1, 0.15) is 0 Å². The summed E-state index contributed by atoms with van der Waals surface area (Å²) in [6.07, 6.45) is 7.61. The summed E-state index contributed by atoms with van der Waals surface area (Å²) in [5.74, 6) is -0.343. The van der Waals surface area contributed by atoms with E-state index in [4.69, 9.17) is 0 Å². The van der Waals surface area contributed by atoms with E-state index in [1.807, 2.05) is 6.92 Å². The molecule has 2 amide bonds. The predicted octanol–water partition coefficient (Wildman–Crippen LogP) is 2.83. The summed E-state index contributed by atoms with van der Waals surface area (Å²) >= 11 is 0. The van der Waals surface area contributed by atoms with Crippen molar-refractivity contribution < 1.29 is 18.0 Å². The zero-order valence-corrected chi connectivity index (χ0v) is 19.3. The van der Waals surface area contributed by atoms with E-state index in [9.17, 15) is 18.0 Å². The molecule has 1 aromatic rings. The zero-order valence-electron chi connectivity index (χ0n) is 18.5. The molecule has 1 N–H and O–H groups in total. The van der Waals surface area contributed by atoms with Gasteiger partial charge in [0, 0.05) is 37.8 Å². The van der Waals surface area contributed by atoms with Gasteiger partial charge >= 0.3 is 0 Å². The van der Waals surface area contributed by atoms with Gasteiger partial charge in [0.25, 0.3) is 0 Å². The lowest BCUT2D eigenvalue weighted by atomic mass is 9.93. The fourth-order valence-electron chi connectivity index (χ4n) is 5.34. The van der Waals surface area contributed by atoms with Crippen molar-refractivity contribution in [2.75, 3.05) is 18.0 Å². The summed E-state index contributed by atoms with van der Waals surface area (Å²) in [6.45, 7) is 4.16. The topological polar surface area (TPSA) is 86.8 Å². The normalized spacial score (nSPS) is 25.3. The van der Waals surface area contributed by atoms with E-state index in [1.54, 1.807) is 23.1 Å². The molecule has 31 heavy (non-hydrogen) atoms. The van der Waals surface area contributed by atoms with E-state index in [2.05, 4.69) is 5.32 Å². The first-order valence-electron chi connectivity index (χ1n) is 11.5. The minimum atomic E-state index is -3.69. The highest BCUT2D eigenvalue weighted by Gasteiger charge is 2.36. The first kappa shape index (κ1) is 22.3. The third kappa shape index (κ3) is 4.51. The van der Waals surface area contributed by atoms with E-state index in [1.165, 1.54) is 17.6 Å². The number of carbonyl (C=O) groups excluding carboxylic acids is 2. The van der Waals surface area contributed by atoms with Crippen LogP contribution in [0, 0.1) is 5.92 Å².